The van der Waals surface area contributed by atoms with E-state index in [1.807, 2.05) is 27.0 Å². The van der Waals surface area contributed by atoms with Crippen LogP contribution >= 0.6 is 11.3 Å². The number of carbonyl (C=O) groups excluding carboxylic acids is 1. The van der Waals surface area contributed by atoms with Gasteiger partial charge in [-0.2, -0.15) is 0 Å². The molecule has 2 heterocycles. The van der Waals surface area contributed by atoms with Crippen molar-refractivity contribution in [1.29, 1.82) is 0 Å². The van der Waals surface area contributed by atoms with E-state index >= 15 is 0 Å². The number of aromatic nitrogens is 1. The molecule has 4 nitrogen and oxygen atoms in total. The lowest BCUT2D eigenvalue weighted by atomic mass is 9.99. The normalized spacial score (nSPS) is 11.9. The lowest BCUT2D eigenvalue weighted by Crippen LogP contribution is -2.44. The molecule has 2 rings (SSSR count). The van der Waals surface area contributed by atoms with Gasteiger partial charge in [0.1, 0.15) is 4.88 Å². The standard InChI is InChI=1S/C16H23N3OS/c1-7-16(4,5)19(6)15(20)14-13(17)12-10(3)18-9(2)8-11(12)21-14/h8H,7,17H2,1-6H3. The molecule has 0 radical (unpaired) electrons. The SMILES string of the molecule is CCC(C)(C)N(C)C(=O)c1sc2cc(C)nc(C)c2c1N. The number of carbonyl (C=O) groups is 1. The second-order valence-corrected chi connectivity index (χ2v) is 7.15. The molecule has 0 saturated carbocycles. The van der Waals surface area contributed by atoms with Gasteiger partial charge in [0.15, 0.2) is 0 Å². The summed E-state index contributed by atoms with van der Waals surface area (Å²) in [6, 6.07) is 1.99. The zero-order valence-corrected chi connectivity index (χ0v) is 14.4. The topological polar surface area (TPSA) is 59.2 Å². The molecule has 5 heteroatoms. The Bertz CT molecular complexity index is 703. The third kappa shape index (κ3) is 2.62. The molecule has 2 aromatic heterocycles. The van der Waals surface area contributed by atoms with Crippen molar-refractivity contribution in [3.05, 3.63) is 22.3 Å². The van der Waals surface area contributed by atoms with E-state index in [0.29, 0.717) is 10.6 Å². The molecule has 0 fully saturated rings. The number of nitrogens with two attached hydrogens (primary N) is 1. The quantitative estimate of drug-likeness (QED) is 0.939. The lowest BCUT2D eigenvalue weighted by molar-refractivity contribution is 0.0626. The molecule has 0 unspecified atom stereocenters. The average Bonchev–Trinajstić information content (AvgIpc) is 2.74. The van der Waals surface area contributed by atoms with Gasteiger partial charge in [-0.25, -0.2) is 0 Å². The Labute approximate surface area is 130 Å². The van der Waals surface area contributed by atoms with Crippen LogP contribution in [-0.4, -0.2) is 28.4 Å². The maximum Gasteiger partial charge on any atom is 0.266 e. The molecule has 1 amide bonds. The van der Waals surface area contributed by atoms with Crippen LogP contribution in [0.2, 0.25) is 0 Å². The summed E-state index contributed by atoms with van der Waals surface area (Å²) in [5.41, 5.74) is 8.43. The minimum absolute atomic E-state index is 0.0161. The van der Waals surface area contributed by atoms with Crippen molar-refractivity contribution in [2.24, 2.45) is 0 Å². The first-order valence-electron chi connectivity index (χ1n) is 7.13. The zero-order valence-electron chi connectivity index (χ0n) is 13.6. The highest BCUT2D eigenvalue weighted by molar-refractivity contribution is 7.21. The summed E-state index contributed by atoms with van der Waals surface area (Å²) in [7, 11) is 1.84. The van der Waals surface area contributed by atoms with E-state index in [4.69, 9.17) is 5.73 Å². The number of aryl methyl sites for hydroxylation is 2. The van der Waals surface area contributed by atoms with Gasteiger partial charge in [0.25, 0.3) is 5.91 Å². The number of thiophene rings is 1. The monoisotopic (exact) mass is 305 g/mol. The minimum atomic E-state index is -0.192. The second kappa shape index (κ2) is 5.30. The van der Waals surface area contributed by atoms with Crippen molar-refractivity contribution in [3.63, 3.8) is 0 Å². The van der Waals surface area contributed by atoms with Crippen molar-refractivity contribution in [3.8, 4) is 0 Å². The van der Waals surface area contributed by atoms with Crippen molar-refractivity contribution >= 4 is 33.0 Å². The smallest absolute Gasteiger partial charge is 0.266 e. The van der Waals surface area contributed by atoms with Crippen molar-refractivity contribution in [2.75, 3.05) is 12.8 Å². The summed E-state index contributed by atoms with van der Waals surface area (Å²) in [4.78, 5) is 19.6. The first kappa shape index (κ1) is 15.8. The van der Waals surface area contributed by atoms with Crippen LogP contribution in [0.5, 0.6) is 0 Å². The minimum Gasteiger partial charge on any atom is -0.397 e. The molecular weight excluding hydrogens is 282 g/mol. The molecule has 0 bridgehead atoms. The predicted octanol–water partition coefficient (Wildman–Crippen LogP) is 3.76. The molecule has 2 N–H and O–H groups in total. The number of pyridine rings is 1. The van der Waals surface area contributed by atoms with Gasteiger partial charge in [-0.1, -0.05) is 6.92 Å². The first-order chi connectivity index (χ1) is 9.69. The molecular formula is C16H23N3OS. The number of nitrogens with zero attached hydrogens (tertiary/aromatic N) is 2. The van der Waals surface area contributed by atoms with Crippen LogP contribution in [0.25, 0.3) is 10.1 Å². The number of hydrogen-bond acceptors (Lipinski definition) is 4. The van der Waals surface area contributed by atoms with E-state index in [1.54, 1.807) is 4.90 Å². The third-order valence-electron chi connectivity index (χ3n) is 4.29. The number of anilines is 1. The lowest BCUT2D eigenvalue weighted by Gasteiger charge is -2.34. The summed E-state index contributed by atoms with van der Waals surface area (Å²) in [6.45, 7) is 10.1. The van der Waals surface area contributed by atoms with Crippen LogP contribution in [0, 0.1) is 13.8 Å². The molecule has 0 aliphatic carbocycles. The van der Waals surface area contributed by atoms with Gasteiger partial charge in [-0.05, 0) is 40.2 Å². The molecule has 2 aromatic rings. The summed E-state index contributed by atoms with van der Waals surface area (Å²) >= 11 is 1.46. The largest absolute Gasteiger partial charge is 0.397 e. The third-order valence-corrected chi connectivity index (χ3v) is 5.43. The van der Waals surface area contributed by atoms with E-state index < -0.39 is 0 Å². The molecule has 0 aliphatic heterocycles. The van der Waals surface area contributed by atoms with E-state index in [9.17, 15) is 4.79 Å². The fourth-order valence-electron chi connectivity index (χ4n) is 2.30. The maximum atomic E-state index is 12.8. The molecule has 0 aliphatic rings. The Kier molecular flexibility index (Phi) is 3.97. The molecule has 0 saturated heterocycles. The van der Waals surface area contributed by atoms with E-state index in [2.05, 4.69) is 25.8 Å². The van der Waals surface area contributed by atoms with Crippen LogP contribution in [0.3, 0.4) is 0 Å². The summed E-state index contributed by atoms with van der Waals surface area (Å²) in [5, 5.41) is 0.914. The first-order valence-corrected chi connectivity index (χ1v) is 7.95. The highest BCUT2D eigenvalue weighted by atomic mass is 32.1. The van der Waals surface area contributed by atoms with Gasteiger partial charge in [-0.15, -0.1) is 11.3 Å². The Morgan fingerprint density at radius 3 is 2.62 bits per heavy atom. The van der Waals surface area contributed by atoms with Crippen LogP contribution < -0.4 is 5.73 Å². The van der Waals surface area contributed by atoms with Gasteiger partial charge in [0.2, 0.25) is 0 Å². The average molecular weight is 305 g/mol. The Morgan fingerprint density at radius 1 is 1.43 bits per heavy atom. The number of hydrogen-bond donors (Lipinski definition) is 1. The van der Waals surface area contributed by atoms with Gasteiger partial charge >= 0.3 is 0 Å². The summed E-state index contributed by atoms with van der Waals surface area (Å²) in [5.74, 6) is -0.0161. The second-order valence-electron chi connectivity index (χ2n) is 6.10. The number of nitrogen functional groups attached to an aromatic ring is 1. The van der Waals surface area contributed by atoms with Crippen molar-refractivity contribution in [1.82, 2.24) is 9.88 Å². The highest BCUT2D eigenvalue weighted by Crippen LogP contribution is 2.37. The van der Waals surface area contributed by atoms with Gasteiger partial charge in [0.05, 0.1) is 5.69 Å². The maximum absolute atomic E-state index is 12.8. The Hall–Kier alpha value is -1.62. The zero-order chi connectivity index (χ0) is 15.9. The van der Waals surface area contributed by atoms with Gasteiger partial charge < -0.3 is 10.6 Å². The van der Waals surface area contributed by atoms with Crippen LogP contribution in [0.4, 0.5) is 5.69 Å². The van der Waals surface area contributed by atoms with Crippen LogP contribution in [0.15, 0.2) is 6.07 Å². The van der Waals surface area contributed by atoms with E-state index in [0.717, 1.165) is 27.9 Å². The Balaban J connectivity index is 2.55. The Morgan fingerprint density at radius 2 is 2.05 bits per heavy atom. The highest BCUT2D eigenvalue weighted by Gasteiger charge is 2.29. The van der Waals surface area contributed by atoms with Crippen LogP contribution in [-0.2, 0) is 0 Å². The summed E-state index contributed by atoms with van der Waals surface area (Å²) in [6.07, 6.45) is 0.889. The van der Waals surface area contributed by atoms with Crippen molar-refractivity contribution in [2.45, 2.75) is 46.6 Å². The van der Waals surface area contributed by atoms with E-state index in [-0.39, 0.29) is 11.4 Å². The molecule has 0 atom stereocenters. The number of rotatable bonds is 3. The molecule has 0 aromatic carbocycles. The predicted molar refractivity (Wildman–Crippen MR) is 90.0 cm³/mol. The number of fused-ring (bicyclic) bond motifs is 1. The van der Waals surface area contributed by atoms with Gasteiger partial charge in [0, 0.05) is 34.1 Å². The fraction of sp³-hybridized carbons (Fsp3) is 0.500. The summed E-state index contributed by atoms with van der Waals surface area (Å²) < 4.78 is 1.03. The van der Waals surface area contributed by atoms with Gasteiger partial charge in [-0.3, -0.25) is 9.78 Å². The molecule has 0 spiro atoms. The molecule has 21 heavy (non-hydrogen) atoms. The van der Waals surface area contributed by atoms with Crippen LogP contribution in [0.1, 0.15) is 48.3 Å². The van der Waals surface area contributed by atoms with Crippen molar-refractivity contribution < 1.29 is 4.79 Å². The fourth-order valence-corrected chi connectivity index (χ4v) is 3.55. The van der Waals surface area contributed by atoms with E-state index in [1.165, 1.54) is 11.3 Å². The number of amides is 1. The molecule has 114 valence electrons.